The van der Waals surface area contributed by atoms with Gasteiger partial charge in [-0.2, -0.15) is 0 Å². The summed E-state index contributed by atoms with van der Waals surface area (Å²) in [5.41, 5.74) is 0.291. The van der Waals surface area contributed by atoms with E-state index in [0.29, 0.717) is 5.56 Å². The normalized spacial score (nSPS) is 17.7. The number of hydrogen-bond acceptors (Lipinski definition) is 2. The number of amides is 1. The highest BCUT2D eigenvalue weighted by Gasteiger charge is 2.33. The van der Waals surface area contributed by atoms with E-state index in [4.69, 9.17) is 23.2 Å². The van der Waals surface area contributed by atoms with Crippen molar-refractivity contribution >= 4 is 29.1 Å². The van der Waals surface area contributed by atoms with Crippen LogP contribution in [0.25, 0.3) is 0 Å². The monoisotopic (exact) mass is 258 g/mol. The SMILES string of the molecule is CC1(NC(=O)c2ccc(Cl)nc2Cl)CCC1. The summed E-state index contributed by atoms with van der Waals surface area (Å²) in [5, 5.41) is 3.40. The van der Waals surface area contributed by atoms with Crippen LogP contribution in [-0.2, 0) is 0 Å². The topological polar surface area (TPSA) is 42.0 Å². The molecule has 1 aliphatic rings. The van der Waals surface area contributed by atoms with E-state index in [-0.39, 0.29) is 21.8 Å². The first-order valence-corrected chi connectivity index (χ1v) is 5.90. The fraction of sp³-hybridized carbons (Fsp3) is 0.455. The molecular weight excluding hydrogens is 247 g/mol. The van der Waals surface area contributed by atoms with E-state index in [0.717, 1.165) is 19.3 Å². The Morgan fingerprint density at radius 3 is 2.62 bits per heavy atom. The third-order valence-corrected chi connectivity index (χ3v) is 3.43. The highest BCUT2D eigenvalue weighted by molar-refractivity contribution is 6.34. The maximum absolute atomic E-state index is 11.9. The Morgan fingerprint density at radius 1 is 1.44 bits per heavy atom. The molecule has 1 heterocycles. The molecule has 0 unspecified atom stereocenters. The molecule has 1 saturated carbocycles. The van der Waals surface area contributed by atoms with Crippen LogP contribution < -0.4 is 5.32 Å². The van der Waals surface area contributed by atoms with E-state index in [1.165, 1.54) is 0 Å². The maximum atomic E-state index is 11.9. The first-order valence-electron chi connectivity index (χ1n) is 5.15. The summed E-state index contributed by atoms with van der Waals surface area (Å²) in [6.45, 7) is 2.03. The average molecular weight is 259 g/mol. The summed E-state index contributed by atoms with van der Waals surface area (Å²) in [6, 6.07) is 3.15. The number of hydrogen-bond donors (Lipinski definition) is 1. The van der Waals surface area contributed by atoms with Crippen molar-refractivity contribution in [2.45, 2.75) is 31.7 Å². The van der Waals surface area contributed by atoms with Gasteiger partial charge in [-0.3, -0.25) is 4.79 Å². The number of carbonyl (C=O) groups excluding carboxylic acids is 1. The zero-order chi connectivity index (χ0) is 11.8. The second-order valence-corrected chi connectivity index (χ2v) is 5.09. The average Bonchev–Trinajstić information content (AvgIpc) is 2.14. The van der Waals surface area contributed by atoms with Crippen LogP contribution in [0.3, 0.4) is 0 Å². The first-order chi connectivity index (χ1) is 7.50. The van der Waals surface area contributed by atoms with E-state index in [2.05, 4.69) is 10.3 Å². The minimum Gasteiger partial charge on any atom is -0.347 e. The Morgan fingerprint density at radius 2 is 2.12 bits per heavy atom. The Bertz CT molecular complexity index is 430. The molecule has 1 N–H and O–H groups in total. The van der Waals surface area contributed by atoms with E-state index in [1.54, 1.807) is 12.1 Å². The van der Waals surface area contributed by atoms with Crippen molar-refractivity contribution in [1.29, 1.82) is 0 Å². The molecule has 1 aromatic heterocycles. The minimum absolute atomic E-state index is 0.0833. The molecule has 1 aromatic rings. The van der Waals surface area contributed by atoms with Gasteiger partial charge in [-0.05, 0) is 38.3 Å². The lowest BCUT2D eigenvalue weighted by Crippen LogP contribution is -2.51. The second kappa shape index (κ2) is 4.22. The fourth-order valence-electron chi connectivity index (χ4n) is 1.76. The van der Waals surface area contributed by atoms with Gasteiger partial charge < -0.3 is 5.32 Å². The molecule has 1 fully saturated rings. The summed E-state index contributed by atoms with van der Waals surface area (Å²) < 4.78 is 0. The molecular formula is C11H12Cl2N2O. The Labute approximate surface area is 104 Å². The molecule has 2 rings (SSSR count). The molecule has 1 aliphatic carbocycles. The van der Waals surface area contributed by atoms with E-state index >= 15 is 0 Å². The zero-order valence-corrected chi connectivity index (χ0v) is 10.4. The Balaban J connectivity index is 2.14. The molecule has 0 aromatic carbocycles. The van der Waals surface area contributed by atoms with Gasteiger partial charge in [0.25, 0.3) is 5.91 Å². The molecule has 0 aliphatic heterocycles. The van der Waals surface area contributed by atoms with Gasteiger partial charge in [0.2, 0.25) is 0 Å². The number of aromatic nitrogens is 1. The highest BCUT2D eigenvalue weighted by atomic mass is 35.5. The summed E-state index contributed by atoms with van der Waals surface area (Å²) in [7, 11) is 0. The molecule has 1 amide bonds. The maximum Gasteiger partial charge on any atom is 0.254 e. The van der Waals surface area contributed by atoms with Crippen molar-refractivity contribution in [2.24, 2.45) is 0 Å². The molecule has 3 nitrogen and oxygen atoms in total. The van der Waals surface area contributed by atoms with Crippen LogP contribution in [-0.4, -0.2) is 16.4 Å². The smallest absolute Gasteiger partial charge is 0.254 e. The molecule has 5 heteroatoms. The number of pyridine rings is 1. The molecule has 0 bridgehead atoms. The number of nitrogens with zero attached hydrogens (tertiary/aromatic N) is 1. The van der Waals surface area contributed by atoms with Crippen LogP contribution >= 0.6 is 23.2 Å². The first kappa shape index (κ1) is 11.7. The van der Waals surface area contributed by atoms with E-state index < -0.39 is 0 Å². The Kier molecular flexibility index (Phi) is 3.08. The van der Waals surface area contributed by atoms with Gasteiger partial charge in [0.1, 0.15) is 10.3 Å². The lowest BCUT2D eigenvalue weighted by Gasteiger charge is -2.39. The lowest BCUT2D eigenvalue weighted by molar-refractivity contribution is 0.0850. The second-order valence-electron chi connectivity index (χ2n) is 4.34. The van der Waals surface area contributed by atoms with Gasteiger partial charge in [0, 0.05) is 5.54 Å². The van der Waals surface area contributed by atoms with Gasteiger partial charge in [-0.15, -0.1) is 0 Å². The molecule has 86 valence electrons. The van der Waals surface area contributed by atoms with Crippen molar-refractivity contribution in [3.63, 3.8) is 0 Å². The zero-order valence-electron chi connectivity index (χ0n) is 8.89. The number of carbonyl (C=O) groups is 1. The predicted molar refractivity (Wildman–Crippen MR) is 64.0 cm³/mol. The summed E-state index contributed by atoms with van der Waals surface area (Å²) >= 11 is 11.5. The van der Waals surface area contributed by atoms with E-state index in [1.807, 2.05) is 6.92 Å². The molecule has 0 spiro atoms. The van der Waals surface area contributed by atoms with Crippen LogP contribution in [0.4, 0.5) is 0 Å². The van der Waals surface area contributed by atoms with Crippen LogP contribution in [0.2, 0.25) is 10.3 Å². The van der Waals surface area contributed by atoms with Gasteiger partial charge in [-0.25, -0.2) is 4.98 Å². The Hall–Kier alpha value is -0.800. The van der Waals surface area contributed by atoms with Gasteiger partial charge in [0.05, 0.1) is 5.56 Å². The predicted octanol–water partition coefficient (Wildman–Crippen LogP) is 3.06. The molecule has 0 radical (unpaired) electrons. The minimum atomic E-state index is -0.184. The van der Waals surface area contributed by atoms with Gasteiger partial charge in [-0.1, -0.05) is 23.2 Å². The van der Waals surface area contributed by atoms with Crippen molar-refractivity contribution in [3.8, 4) is 0 Å². The van der Waals surface area contributed by atoms with Crippen LogP contribution in [0, 0.1) is 0 Å². The standard InChI is InChI=1S/C11H12Cl2N2O/c1-11(5-2-6-11)15-10(16)7-3-4-8(12)14-9(7)13/h3-4H,2,5-6H2,1H3,(H,15,16). The van der Waals surface area contributed by atoms with Gasteiger partial charge in [0.15, 0.2) is 0 Å². The molecule has 16 heavy (non-hydrogen) atoms. The van der Waals surface area contributed by atoms with Crippen molar-refractivity contribution in [2.75, 3.05) is 0 Å². The fourth-order valence-corrected chi connectivity index (χ4v) is 2.19. The van der Waals surface area contributed by atoms with Crippen molar-refractivity contribution in [1.82, 2.24) is 10.3 Å². The number of rotatable bonds is 2. The third-order valence-electron chi connectivity index (χ3n) is 2.93. The summed E-state index contributed by atoms with van der Waals surface area (Å²) in [6.07, 6.45) is 3.18. The largest absolute Gasteiger partial charge is 0.347 e. The van der Waals surface area contributed by atoms with Crippen LogP contribution in [0.1, 0.15) is 36.5 Å². The number of halogens is 2. The van der Waals surface area contributed by atoms with Crippen LogP contribution in [0.5, 0.6) is 0 Å². The summed E-state index contributed by atoms with van der Waals surface area (Å²) in [5.74, 6) is -0.184. The van der Waals surface area contributed by atoms with Gasteiger partial charge >= 0.3 is 0 Å². The highest BCUT2D eigenvalue weighted by Crippen LogP contribution is 2.31. The quantitative estimate of drug-likeness (QED) is 0.829. The van der Waals surface area contributed by atoms with Crippen molar-refractivity contribution in [3.05, 3.63) is 28.0 Å². The van der Waals surface area contributed by atoms with Crippen molar-refractivity contribution < 1.29 is 4.79 Å². The summed E-state index contributed by atoms with van der Waals surface area (Å²) in [4.78, 5) is 15.7. The van der Waals surface area contributed by atoms with Crippen LogP contribution in [0.15, 0.2) is 12.1 Å². The third kappa shape index (κ3) is 2.30. The molecule has 0 atom stereocenters. The number of nitrogens with one attached hydrogen (secondary N) is 1. The van der Waals surface area contributed by atoms with E-state index in [9.17, 15) is 4.79 Å². The molecule has 0 saturated heterocycles. The lowest BCUT2D eigenvalue weighted by atomic mass is 9.78.